The second-order valence-electron chi connectivity index (χ2n) is 7.10. The fourth-order valence-electron chi connectivity index (χ4n) is 3.56. The summed E-state index contributed by atoms with van der Waals surface area (Å²) in [5, 5.41) is 10.2. The van der Waals surface area contributed by atoms with Crippen LogP contribution in [0.4, 0.5) is 0 Å². The molecule has 1 aromatic heterocycles. The van der Waals surface area contributed by atoms with Gasteiger partial charge in [0.1, 0.15) is 5.75 Å². The number of carboxylic acids is 1. The minimum absolute atomic E-state index is 0.151. The van der Waals surface area contributed by atoms with Gasteiger partial charge in [0.25, 0.3) is 0 Å². The number of rotatable bonds is 10. The van der Waals surface area contributed by atoms with Crippen LogP contribution < -0.4 is 18.9 Å². The van der Waals surface area contributed by atoms with Crippen molar-refractivity contribution in [1.29, 1.82) is 0 Å². The summed E-state index contributed by atoms with van der Waals surface area (Å²) in [6, 6.07) is 12.2. The molecule has 0 radical (unpaired) electrons. The molecule has 0 saturated heterocycles. The summed E-state index contributed by atoms with van der Waals surface area (Å²) in [6.07, 6.45) is 0.915. The summed E-state index contributed by atoms with van der Waals surface area (Å²) in [6.45, 7) is 2.35. The number of carboxylic acid groups (broad SMARTS) is 1. The molecular formula is C25H26ClNO6. The van der Waals surface area contributed by atoms with Crippen LogP contribution in [0.1, 0.15) is 28.5 Å². The van der Waals surface area contributed by atoms with E-state index in [1.54, 1.807) is 45.6 Å². The molecule has 0 unspecified atom stereocenters. The van der Waals surface area contributed by atoms with Crippen molar-refractivity contribution in [2.75, 3.05) is 27.9 Å². The Kier molecular flexibility index (Phi) is 8.01. The molecule has 8 heteroatoms. The highest BCUT2D eigenvalue weighted by atomic mass is 35.5. The Balaban J connectivity index is 1.98. The summed E-state index contributed by atoms with van der Waals surface area (Å²) in [5.74, 6) is 1.14. The van der Waals surface area contributed by atoms with Crippen LogP contribution in [0.15, 0.2) is 42.5 Å². The lowest BCUT2D eigenvalue weighted by Crippen LogP contribution is -2.08. The molecule has 1 heterocycles. The largest absolute Gasteiger partial charge is 0.493 e. The van der Waals surface area contributed by atoms with Gasteiger partial charge in [0.2, 0.25) is 5.75 Å². The van der Waals surface area contributed by atoms with Crippen molar-refractivity contribution < 1.29 is 28.8 Å². The monoisotopic (exact) mass is 471 g/mol. The van der Waals surface area contributed by atoms with Crippen molar-refractivity contribution >= 4 is 17.6 Å². The normalized spacial score (nSPS) is 10.6. The highest BCUT2D eigenvalue weighted by molar-refractivity contribution is 6.30. The lowest BCUT2D eigenvalue weighted by atomic mass is 10.0. The van der Waals surface area contributed by atoms with E-state index >= 15 is 0 Å². The zero-order valence-electron chi connectivity index (χ0n) is 19.0. The average molecular weight is 472 g/mol. The zero-order valence-corrected chi connectivity index (χ0v) is 19.7. The van der Waals surface area contributed by atoms with Crippen LogP contribution in [-0.2, 0) is 12.8 Å². The van der Waals surface area contributed by atoms with Crippen LogP contribution in [-0.4, -0.2) is 44.0 Å². The Morgan fingerprint density at radius 1 is 0.939 bits per heavy atom. The van der Waals surface area contributed by atoms with Gasteiger partial charge in [-0.2, -0.15) is 0 Å². The molecule has 0 spiro atoms. The third kappa shape index (κ3) is 5.49. The van der Waals surface area contributed by atoms with Crippen molar-refractivity contribution in [3.05, 3.63) is 64.3 Å². The fourth-order valence-corrected chi connectivity index (χ4v) is 3.72. The molecule has 0 bridgehead atoms. The molecule has 0 saturated carbocycles. The molecule has 1 N–H and O–H groups in total. The van der Waals surface area contributed by atoms with E-state index in [0.29, 0.717) is 58.9 Å². The molecule has 3 rings (SSSR count). The number of pyridine rings is 1. The molecule has 33 heavy (non-hydrogen) atoms. The van der Waals surface area contributed by atoms with Gasteiger partial charge in [0.05, 0.1) is 44.9 Å². The van der Waals surface area contributed by atoms with E-state index in [0.717, 1.165) is 11.1 Å². The van der Waals surface area contributed by atoms with Crippen molar-refractivity contribution in [1.82, 2.24) is 4.98 Å². The quantitative estimate of drug-likeness (QED) is 0.428. The molecule has 7 nitrogen and oxygen atoms in total. The molecule has 0 fully saturated rings. The fraction of sp³-hybridized carbons (Fsp3) is 0.280. The maximum atomic E-state index is 11.8. The van der Waals surface area contributed by atoms with Gasteiger partial charge in [0.15, 0.2) is 11.5 Å². The van der Waals surface area contributed by atoms with Crippen molar-refractivity contribution in [3.8, 4) is 34.3 Å². The number of carbonyl (C=O) groups is 1. The number of methoxy groups -OCH3 is 3. The minimum Gasteiger partial charge on any atom is -0.493 e. The average Bonchev–Trinajstić information content (AvgIpc) is 2.82. The zero-order chi connectivity index (χ0) is 24.0. The Labute approximate surface area is 197 Å². The predicted octanol–water partition coefficient (Wildman–Crippen LogP) is 5.31. The molecule has 0 aliphatic carbocycles. The van der Waals surface area contributed by atoms with Gasteiger partial charge in [-0.15, -0.1) is 0 Å². The Bertz CT molecular complexity index is 1120. The predicted molar refractivity (Wildman–Crippen MR) is 126 cm³/mol. The summed E-state index contributed by atoms with van der Waals surface area (Å²) in [7, 11) is 4.65. The van der Waals surface area contributed by atoms with Gasteiger partial charge in [-0.3, -0.25) is 4.98 Å². The molecule has 0 atom stereocenters. The summed E-state index contributed by atoms with van der Waals surface area (Å²) >= 11 is 6.12. The number of aromatic nitrogens is 1. The number of benzene rings is 2. The topological polar surface area (TPSA) is 87.1 Å². The van der Waals surface area contributed by atoms with Crippen molar-refractivity contribution in [3.63, 3.8) is 0 Å². The molecule has 3 aromatic rings. The van der Waals surface area contributed by atoms with Crippen LogP contribution in [0, 0.1) is 0 Å². The third-order valence-corrected chi connectivity index (χ3v) is 5.33. The molecule has 0 amide bonds. The maximum Gasteiger partial charge on any atom is 0.337 e. The number of hydrogen-bond acceptors (Lipinski definition) is 6. The Morgan fingerprint density at radius 2 is 1.64 bits per heavy atom. The molecule has 0 aliphatic heterocycles. The number of aryl methyl sites for hydroxylation is 2. The Morgan fingerprint density at radius 3 is 2.21 bits per heavy atom. The van der Waals surface area contributed by atoms with E-state index in [2.05, 4.69) is 4.98 Å². The smallest absolute Gasteiger partial charge is 0.337 e. The van der Waals surface area contributed by atoms with Gasteiger partial charge < -0.3 is 24.1 Å². The van der Waals surface area contributed by atoms with E-state index in [-0.39, 0.29) is 5.56 Å². The van der Waals surface area contributed by atoms with E-state index < -0.39 is 5.97 Å². The van der Waals surface area contributed by atoms with Crippen LogP contribution in [0.25, 0.3) is 11.3 Å². The van der Waals surface area contributed by atoms with Gasteiger partial charge in [-0.05, 0) is 67.8 Å². The number of ether oxygens (including phenoxy) is 4. The van der Waals surface area contributed by atoms with Crippen LogP contribution in [0.5, 0.6) is 23.0 Å². The van der Waals surface area contributed by atoms with Gasteiger partial charge in [-0.25, -0.2) is 4.79 Å². The standard InChI is InChI=1S/C25H26ClNO6/c1-5-33-21-14-16(26)7-8-17(21)19-11-9-18(25(28)29)20(27-19)10-6-15-12-22(30-2)24(32-4)23(13-15)31-3/h7-9,11-14H,5-6,10H2,1-4H3,(H,28,29). The second kappa shape index (κ2) is 10.9. The van der Waals surface area contributed by atoms with Gasteiger partial charge in [-0.1, -0.05) is 11.6 Å². The molecule has 174 valence electrons. The highest BCUT2D eigenvalue weighted by Gasteiger charge is 2.17. The number of hydrogen-bond donors (Lipinski definition) is 1. The van der Waals surface area contributed by atoms with Crippen molar-refractivity contribution in [2.24, 2.45) is 0 Å². The summed E-state index contributed by atoms with van der Waals surface area (Å²) in [4.78, 5) is 16.5. The van der Waals surface area contributed by atoms with E-state index in [1.165, 1.54) is 0 Å². The molecular weight excluding hydrogens is 446 g/mol. The first-order valence-corrected chi connectivity index (χ1v) is 10.7. The SMILES string of the molecule is CCOc1cc(Cl)ccc1-c1ccc(C(=O)O)c(CCc2cc(OC)c(OC)c(OC)c2)n1. The lowest BCUT2D eigenvalue weighted by Gasteiger charge is -2.15. The van der Waals surface area contributed by atoms with Crippen LogP contribution >= 0.6 is 11.6 Å². The Hall–Kier alpha value is -3.45. The van der Waals surface area contributed by atoms with E-state index in [4.69, 9.17) is 30.5 Å². The summed E-state index contributed by atoms with van der Waals surface area (Å²) in [5.41, 5.74) is 2.87. The number of nitrogens with zero attached hydrogens (tertiary/aromatic N) is 1. The first kappa shape index (κ1) is 24.2. The first-order valence-electron chi connectivity index (χ1n) is 10.4. The van der Waals surface area contributed by atoms with Crippen LogP contribution in [0.2, 0.25) is 5.02 Å². The van der Waals surface area contributed by atoms with E-state index in [9.17, 15) is 9.90 Å². The second-order valence-corrected chi connectivity index (χ2v) is 7.54. The lowest BCUT2D eigenvalue weighted by molar-refractivity contribution is 0.0695. The maximum absolute atomic E-state index is 11.8. The van der Waals surface area contributed by atoms with Gasteiger partial charge in [0, 0.05) is 10.6 Å². The van der Waals surface area contributed by atoms with Gasteiger partial charge >= 0.3 is 5.97 Å². The molecule has 0 aliphatic rings. The highest BCUT2D eigenvalue weighted by Crippen LogP contribution is 2.38. The number of aromatic carboxylic acids is 1. The number of halogens is 1. The molecule has 2 aromatic carbocycles. The van der Waals surface area contributed by atoms with Crippen molar-refractivity contribution in [2.45, 2.75) is 19.8 Å². The van der Waals surface area contributed by atoms with Crippen LogP contribution in [0.3, 0.4) is 0 Å². The minimum atomic E-state index is -1.03. The van der Waals surface area contributed by atoms with E-state index in [1.807, 2.05) is 25.1 Å². The summed E-state index contributed by atoms with van der Waals surface area (Å²) < 4.78 is 21.9. The first-order chi connectivity index (χ1) is 15.9. The third-order valence-electron chi connectivity index (χ3n) is 5.10.